The predicted octanol–water partition coefficient (Wildman–Crippen LogP) is -0.224. The zero-order chi connectivity index (χ0) is 0. The molecule has 0 bridgehead atoms. The van der Waals surface area contributed by atoms with Crippen molar-refractivity contribution in [3.63, 3.8) is 0 Å². The Morgan fingerprint density at radius 2 is 1.00 bits per heavy atom. The van der Waals surface area contributed by atoms with E-state index in [1.807, 2.05) is 0 Å². The van der Waals surface area contributed by atoms with E-state index in [2.05, 4.69) is 0 Å². The first-order chi connectivity index (χ1) is 0. The summed E-state index contributed by atoms with van der Waals surface area (Å²) < 4.78 is 0. The van der Waals surface area contributed by atoms with Gasteiger partial charge in [-0.2, -0.15) is 0 Å². The van der Waals surface area contributed by atoms with E-state index in [1.165, 1.54) is 0 Å². The van der Waals surface area contributed by atoms with Crippen molar-refractivity contribution in [2.45, 2.75) is 0 Å². The molecule has 3 N–H and O–H groups in total. The van der Waals surface area contributed by atoms with Crippen LogP contribution in [0.4, 0.5) is 0 Å². The van der Waals surface area contributed by atoms with Crippen LogP contribution in [-0.4, -0.2) is 11.0 Å². The molecule has 0 aliphatic heterocycles. The molecule has 4 radical (unpaired) electrons. The summed E-state index contributed by atoms with van der Waals surface area (Å²) in [6, 6.07) is 0. The third kappa shape index (κ3) is 9.23. The van der Waals surface area contributed by atoms with Crippen LogP contribution in [0.3, 0.4) is 0 Å². The molecule has 0 aromatic carbocycles. The Bertz CT molecular complexity index is 8.00. The molecule has 0 saturated heterocycles. The molecule has 0 saturated carbocycles. The number of hydrogen-bond donors (Lipinski definition) is 1. The first kappa shape index (κ1) is 41.8. The van der Waals surface area contributed by atoms with Crippen molar-refractivity contribution in [1.29, 1.82) is 0 Å². The van der Waals surface area contributed by atoms with Gasteiger partial charge in [-0.3, -0.25) is 0 Å². The van der Waals surface area contributed by atoms with Gasteiger partial charge in [-0.1, -0.05) is 0 Å². The largest absolute Gasteiger partial charge is 0.344 e. The molecule has 0 fully saturated rings. The third-order valence-electron chi connectivity index (χ3n) is 0. The quantitative estimate of drug-likeness (QED) is 0.519. The summed E-state index contributed by atoms with van der Waals surface area (Å²) in [6.45, 7) is 0. The second kappa shape index (κ2) is 21.6. The van der Waals surface area contributed by atoms with Gasteiger partial charge in [-0.05, 0) is 0 Å². The van der Waals surface area contributed by atoms with Gasteiger partial charge >= 0.3 is 0 Å². The minimum atomic E-state index is 0. The monoisotopic (exact) mass is 183 g/mol. The van der Waals surface area contributed by atoms with E-state index in [-0.39, 0.29) is 65.0 Å². The number of rotatable bonds is 0. The molecule has 0 heterocycles. The SMILES string of the molecule is N.[Si].[Ti].[Zr]. The molecule has 1 nitrogen and oxygen atoms in total. The van der Waals surface area contributed by atoms with Gasteiger partial charge in [-0.25, -0.2) is 0 Å². The maximum absolute atomic E-state index is 0. The second-order valence-corrected chi connectivity index (χ2v) is 0. The van der Waals surface area contributed by atoms with E-state index < -0.39 is 0 Å². The number of hydrogen-bond acceptors (Lipinski definition) is 1. The smallest absolute Gasteiger partial charge is 0 e. The molecule has 0 amide bonds. The van der Waals surface area contributed by atoms with Crippen molar-refractivity contribution in [2.24, 2.45) is 0 Å². The van der Waals surface area contributed by atoms with Crippen molar-refractivity contribution in [2.75, 3.05) is 0 Å². The van der Waals surface area contributed by atoms with Crippen LogP contribution >= 0.6 is 0 Å². The van der Waals surface area contributed by atoms with Gasteiger partial charge in [0.15, 0.2) is 0 Å². The first-order valence-corrected chi connectivity index (χ1v) is 0. The maximum atomic E-state index is 0. The van der Waals surface area contributed by atoms with Crippen molar-refractivity contribution in [1.82, 2.24) is 6.15 Å². The standard InChI is InChI=1S/H3N.Si.Ti.Zr/h1H3;;;. The van der Waals surface area contributed by atoms with Crippen LogP contribution in [0.15, 0.2) is 0 Å². The van der Waals surface area contributed by atoms with Gasteiger partial charge in [0, 0.05) is 58.9 Å². The van der Waals surface area contributed by atoms with Gasteiger partial charge in [0.1, 0.15) is 0 Å². The average molecular weight is 184 g/mol. The first-order valence-electron chi connectivity index (χ1n) is 0. The Labute approximate surface area is 64.5 Å². The zero-order valence-corrected chi connectivity index (χ0v) is 7.23. The van der Waals surface area contributed by atoms with Gasteiger partial charge in [-0.15, -0.1) is 0 Å². The fraction of sp³-hybridized carbons (Fsp3) is 0. The average Bonchev–Trinajstić information content (AvgIpc) is 0. The minimum absolute atomic E-state index is 0. The van der Waals surface area contributed by atoms with Crippen LogP contribution in [0.2, 0.25) is 0 Å². The van der Waals surface area contributed by atoms with Crippen molar-refractivity contribution in [3.05, 3.63) is 0 Å². The predicted molar refractivity (Wildman–Crippen MR) is 10.8 cm³/mol. The van der Waals surface area contributed by atoms with Crippen LogP contribution in [0.25, 0.3) is 0 Å². The summed E-state index contributed by atoms with van der Waals surface area (Å²) in [6.07, 6.45) is 0. The van der Waals surface area contributed by atoms with Crippen LogP contribution in [0, 0.1) is 0 Å². The van der Waals surface area contributed by atoms with Crippen molar-refractivity contribution in [3.8, 4) is 0 Å². The summed E-state index contributed by atoms with van der Waals surface area (Å²) in [5, 5.41) is 0. The Morgan fingerprint density at radius 3 is 1.00 bits per heavy atom. The molecule has 4 heavy (non-hydrogen) atoms. The van der Waals surface area contributed by atoms with Crippen LogP contribution in [0.5, 0.6) is 0 Å². The van der Waals surface area contributed by atoms with E-state index in [9.17, 15) is 0 Å². The summed E-state index contributed by atoms with van der Waals surface area (Å²) >= 11 is 0. The summed E-state index contributed by atoms with van der Waals surface area (Å²) in [5.74, 6) is 0. The summed E-state index contributed by atoms with van der Waals surface area (Å²) in [4.78, 5) is 0. The Balaban J connectivity index is 0. The molecule has 20 valence electrons. The topological polar surface area (TPSA) is 35.0 Å². The van der Waals surface area contributed by atoms with E-state index in [0.717, 1.165) is 0 Å². The fourth-order valence-corrected chi connectivity index (χ4v) is 0. The van der Waals surface area contributed by atoms with E-state index in [0.29, 0.717) is 0 Å². The molecular formula is H3NSiTiZr. The van der Waals surface area contributed by atoms with Crippen molar-refractivity contribution >= 4 is 11.0 Å². The zero-order valence-electron chi connectivity index (χ0n) is 2.21. The third-order valence-corrected chi connectivity index (χ3v) is 0. The van der Waals surface area contributed by atoms with Gasteiger partial charge in [0.25, 0.3) is 0 Å². The normalized spacial score (nSPS) is 0. The summed E-state index contributed by atoms with van der Waals surface area (Å²) in [7, 11) is 0. The Hall–Kier alpha value is 1.77. The second-order valence-electron chi connectivity index (χ2n) is 0. The molecule has 0 atom stereocenters. The minimum Gasteiger partial charge on any atom is -0.344 e. The molecule has 0 aliphatic rings. The van der Waals surface area contributed by atoms with Crippen molar-refractivity contribution < 1.29 is 47.9 Å². The van der Waals surface area contributed by atoms with Crippen LogP contribution in [0.1, 0.15) is 0 Å². The molecular weight excluding hydrogens is 181 g/mol. The van der Waals surface area contributed by atoms with E-state index in [4.69, 9.17) is 0 Å². The fourth-order valence-electron chi connectivity index (χ4n) is 0. The molecule has 0 aliphatic carbocycles. The Morgan fingerprint density at radius 1 is 1.00 bits per heavy atom. The van der Waals surface area contributed by atoms with Gasteiger partial charge < -0.3 is 6.15 Å². The molecule has 0 aromatic rings. The molecule has 0 aromatic heterocycles. The van der Waals surface area contributed by atoms with Gasteiger partial charge in [0.05, 0.1) is 0 Å². The molecule has 0 spiro atoms. The summed E-state index contributed by atoms with van der Waals surface area (Å²) in [5.41, 5.74) is 0. The van der Waals surface area contributed by atoms with Crippen LogP contribution in [-0.2, 0) is 47.9 Å². The molecule has 0 unspecified atom stereocenters. The maximum Gasteiger partial charge on any atom is 0 e. The van der Waals surface area contributed by atoms with E-state index >= 15 is 0 Å². The van der Waals surface area contributed by atoms with Crippen LogP contribution < -0.4 is 6.15 Å². The Kier molecular flexibility index (Phi) is 226. The molecule has 0 rings (SSSR count). The van der Waals surface area contributed by atoms with Gasteiger partial charge in [0.2, 0.25) is 0 Å². The molecule has 4 heteroatoms. The van der Waals surface area contributed by atoms with E-state index in [1.54, 1.807) is 0 Å².